The molecule has 0 aromatic heterocycles. The van der Waals surface area contributed by atoms with Gasteiger partial charge in [0.05, 0.1) is 0 Å². The van der Waals surface area contributed by atoms with Crippen molar-refractivity contribution in [3.8, 4) is 0 Å². The van der Waals surface area contributed by atoms with E-state index in [2.05, 4.69) is 0 Å². The maximum atomic E-state index is 11.2. The van der Waals surface area contributed by atoms with Crippen LogP contribution in [-0.2, 0) is 19.2 Å². The summed E-state index contributed by atoms with van der Waals surface area (Å²) < 4.78 is 0. The van der Waals surface area contributed by atoms with Crippen LogP contribution < -0.4 is 0 Å². The first-order chi connectivity index (χ1) is 7.70. The van der Waals surface area contributed by atoms with Gasteiger partial charge in [0.2, 0.25) is 0 Å². The number of carbonyl (C=O) groups is 4. The first kappa shape index (κ1) is 12.7. The van der Waals surface area contributed by atoms with Gasteiger partial charge >= 0.3 is 0 Å². The van der Waals surface area contributed by atoms with E-state index in [0.29, 0.717) is 38.0 Å². The summed E-state index contributed by atoms with van der Waals surface area (Å²) in [5.41, 5.74) is -2.89. The highest BCUT2D eigenvalue weighted by atomic mass is 16.1. The van der Waals surface area contributed by atoms with Crippen LogP contribution >= 0.6 is 0 Å². The van der Waals surface area contributed by atoms with E-state index in [0.717, 1.165) is 12.8 Å². The number of rotatable bonds is 4. The molecule has 0 aromatic carbocycles. The summed E-state index contributed by atoms with van der Waals surface area (Å²) in [6, 6.07) is 0. The Morgan fingerprint density at radius 2 is 0.875 bits per heavy atom. The molecule has 0 radical (unpaired) electrons. The zero-order chi connectivity index (χ0) is 12.1. The van der Waals surface area contributed by atoms with E-state index in [1.54, 1.807) is 0 Å². The van der Waals surface area contributed by atoms with Crippen LogP contribution in [0.1, 0.15) is 38.5 Å². The van der Waals surface area contributed by atoms with E-state index < -0.39 is 10.8 Å². The third kappa shape index (κ3) is 1.84. The fourth-order valence-electron chi connectivity index (χ4n) is 2.38. The molecule has 1 fully saturated rings. The standard InChI is InChI=1S/C12H16O4/c13-7-11(8-14)5-3-1-2-4-6-12(11,9-15)10-16/h7-10H,1-6H2. The second kappa shape index (κ2) is 5.14. The molecule has 0 amide bonds. The fraction of sp³-hybridized carbons (Fsp3) is 0.667. The Kier molecular flexibility index (Phi) is 4.10. The van der Waals surface area contributed by atoms with Crippen molar-refractivity contribution in [2.45, 2.75) is 38.5 Å². The van der Waals surface area contributed by atoms with E-state index in [4.69, 9.17) is 0 Å². The second-order valence-corrected chi connectivity index (χ2v) is 4.47. The monoisotopic (exact) mass is 224 g/mol. The molecule has 0 N–H and O–H groups in total. The summed E-state index contributed by atoms with van der Waals surface area (Å²) in [6.45, 7) is 0. The lowest BCUT2D eigenvalue weighted by Gasteiger charge is -2.37. The van der Waals surface area contributed by atoms with Gasteiger partial charge in [0, 0.05) is 0 Å². The summed E-state index contributed by atoms with van der Waals surface area (Å²) in [5, 5.41) is 0. The predicted octanol–water partition coefficient (Wildman–Crippen LogP) is 1.11. The normalized spacial score (nSPS) is 23.5. The van der Waals surface area contributed by atoms with Crippen molar-refractivity contribution >= 4 is 25.1 Å². The number of carbonyl (C=O) groups excluding carboxylic acids is 4. The van der Waals surface area contributed by atoms with Crippen LogP contribution in [0, 0.1) is 10.8 Å². The molecule has 0 saturated heterocycles. The third-order valence-electron chi connectivity index (χ3n) is 3.64. The Labute approximate surface area is 94.4 Å². The van der Waals surface area contributed by atoms with Crippen LogP contribution in [0.4, 0.5) is 0 Å². The molecule has 1 rings (SSSR count). The topological polar surface area (TPSA) is 68.3 Å². The van der Waals surface area contributed by atoms with E-state index in [9.17, 15) is 19.2 Å². The molecule has 0 heterocycles. The maximum absolute atomic E-state index is 11.2. The Hall–Kier alpha value is -1.32. The van der Waals surface area contributed by atoms with Crippen molar-refractivity contribution in [1.29, 1.82) is 0 Å². The molecule has 1 saturated carbocycles. The van der Waals surface area contributed by atoms with E-state index in [1.807, 2.05) is 0 Å². The van der Waals surface area contributed by atoms with E-state index in [-0.39, 0.29) is 12.8 Å². The largest absolute Gasteiger partial charge is 0.302 e. The maximum Gasteiger partial charge on any atom is 0.134 e. The van der Waals surface area contributed by atoms with Gasteiger partial charge in [0.1, 0.15) is 36.0 Å². The van der Waals surface area contributed by atoms with Crippen molar-refractivity contribution < 1.29 is 19.2 Å². The van der Waals surface area contributed by atoms with Crippen molar-refractivity contribution in [1.82, 2.24) is 0 Å². The molecule has 0 aliphatic heterocycles. The molecule has 0 bridgehead atoms. The van der Waals surface area contributed by atoms with Crippen molar-refractivity contribution in [2.24, 2.45) is 10.8 Å². The van der Waals surface area contributed by atoms with Crippen LogP contribution in [-0.4, -0.2) is 25.1 Å². The Morgan fingerprint density at radius 3 is 1.12 bits per heavy atom. The van der Waals surface area contributed by atoms with Crippen LogP contribution in [0.25, 0.3) is 0 Å². The first-order valence-electron chi connectivity index (χ1n) is 5.55. The van der Waals surface area contributed by atoms with Crippen molar-refractivity contribution in [3.05, 3.63) is 0 Å². The highest BCUT2D eigenvalue weighted by Gasteiger charge is 2.51. The minimum absolute atomic E-state index is 0.289. The summed E-state index contributed by atoms with van der Waals surface area (Å²) in [5.74, 6) is 0. The first-order valence-corrected chi connectivity index (χ1v) is 5.55. The summed E-state index contributed by atoms with van der Waals surface area (Å²) >= 11 is 0. The molecular weight excluding hydrogens is 208 g/mol. The van der Waals surface area contributed by atoms with Crippen molar-refractivity contribution in [3.63, 3.8) is 0 Å². The van der Waals surface area contributed by atoms with Gasteiger partial charge in [-0.05, 0) is 12.8 Å². The lowest BCUT2D eigenvalue weighted by molar-refractivity contribution is -0.149. The van der Waals surface area contributed by atoms with Gasteiger partial charge in [-0.15, -0.1) is 0 Å². The molecule has 88 valence electrons. The van der Waals surface area contributed by atoms with E-state index >= 15 is 0 Å². The highest BCUT2D eigenvalue weighted by Crippen LogP contribution is 2.43. The van der Waals surface area contributed by atoms with Crippen LogP contribution in [0.3, 0.4) is 0 Å². The molecule has 1 aliphatic rings. The molecular formula is C12H16O4. The summed E-state index contributed by atoms with van der Waals surface area (Å²) in [6.07, 6.45) is 5.75. The second-order valence-electron chi connectivity index (χ2n) is 4.47. The zero-order valence-electron chi connectivity index (χ0n) is 9.19. The number of hydrogen-bond acceptors (Lipinski definition) is 4. The highest BCUT2D eigenvalue weighted by molar-refractivity contribution is 5.99. The Balaban J connectivity index is 3.20. The molecule has 0 atom stereocenters. The van der Waals surface area contributed by atoms with E-state index in [1.165, 1.54) is 0 Å². The van der Waals surface area contributed by atoms with Gasteiger partial charge in [-0.1, -0.05) is 25.7 Å². The quantitative estimate of drug-likeness (QED) is 0.530. The zero-order valence-corrected chi connectivity index (χ0v) is 9.19. The van der Waals surface area contributed by atoms with Crippen LogP contribution in [0.2, 0.25) is 0 Å². The SMILES string of the molecule is O=CC1(C=O)CCCCCCC1(C=O)C=O. The number of hydrogen-bond donors (Lipinski definition) is 0. The Bertz CT molecular complexity index is 249. The molecule has 0 unspecified atom stereocenters. The fourth-order valence-corrected chi connectivity index (χ4v) is 2.38. The van der Waals surface area contributed by atoms with Crippen LogP contribution in [0.15, 0.2) is 0 Å². The molecule has 0 aromatic rings. The van der Waals surface area contributed by atoms with Gasteiger partial charge in [-0.25, -0.2) is 0 Å². The van der Waals surface area contributed by atoms with Crippen molar-refractivity contribution in [2.75, 3.05) is 0 Å². The lowest BCUT2D eigenvalue weighted by Crippen LogP contribution is -2.48. The Morgan fingerprint density at radius 1 is 0.562 bits per heavy atom. The molecule has 0 spiro atoms. The summed E-state index contributed by atoms with van der Waals surface area (Å²) in [4.78, 5) is 44.6. The lowest BCUT2D eigenvalue weighted by atomic mass is 9.60. The smallest absolute Gasteiger partial charge is 0.134 e. The predicted molar refractivity (Wildman–Crippen MR) is 56.8 cm³/mol. The van der Waals surface area contributed by atoms with Gasteiger partial charge in [0.15, 0.2) is 0 Å². The molecule has 4 nitrogen and oxygen atoms in total. The average molecular weight is 224 g/mol. The molecule has 4 heteroatoms. The van der Waals surface area contributed by atoms with Crippen LogP contribution in [0.5, 0.6) is 0 Å². The minimum Gasteiger partial charge on any atom is -0.302 e. The third-order valence-corrected chi connectivity index (χ3v) is 3.64. The molecule has 1 aliphatic carbocycles. The number of aldehydes is 4. The van der Waals surface area contributed by atoms with Gasteiger partial charge in [-0.2, -0.15) is 0 Å². The van der Waals surface area contributed by atoms with Gasteiger partial charge in [0.25, 0.3) is 0 Å². The average Bonchev–Trinajstić information content (AvgIpc) is 2.31. The van der Waals surface area contributed by atoms with Gasteiger partial charge < -0.3 is 19.2 Å². The summed E-state index contributed by atoms with van der Waals surface area (Å²) in [7, 11) is 0. The molecule has 16 heavy (non-hydrogen) atoms. The van der Waals surface area contributed by atoms with Gasteiger partial charge in [-0.3, -0.25) is 0 Å². The minimum atomic E-state index is -1.45.